The molecule has 0 radical (unpaired) electrons. The largest absolute Gasteiger partial charge is 0.364 e. The summed E-state index contributed by atoms with van der Waals surface area (Å²) in [6, 6.07) is 0. The molecule has 150 valence electrons. The van der Waals surface area contributed by atoms with E-state index in [1.54, 1.807) is 13.1 Å². The number of alkyl halides is 2. The number of anilines is 1. The van der Waals surface area contributed by atoms with Gasteiger partial charge in [-0.05, 0) is 75.2 Å². The highest BCUT2D eigenvalue weighted by atomic mass is 19.2. The predicted octanol–water partition coefficient (Wildman–Crippen LogP) is 5.60. The molecule has 0 aliphatic heterocycles. The molecular weight excluding hydrogens is 358 g/mol. The molecule has 5 heteroatoms. The van der Waals surface area contributed by atoms with Crippen LogP contribution < -0.4 is 5.32 Å². The van der Waals surface area contributed by atoms with Crippen LogP contribution in [0.2, 0.25) is 0 Å². The summed E-state index contributed by atoms with van der Waals surface area (Å²) in [6.45, 7) is 1.62. The molecule has 2 atom stereocenters. The molecule has 0 amide bonds. The van der Waals surface area contributed by atoms with E-state index in [1.165, 1.54) is 11.1 Å². The Morgan fingerprint density at radius 1 is 1.00 bits per heavy atom. The van der Waals surface area contributed by atoms with Crippen LogP contribution >= 0.6 is 0 Å². The number of rotatable bonds is 3. The van der Waals surface area contributed by atoms with Gasteiger partial charge in [-0.15, -0.1) is 0 Å². The number of ketones is 1. The highest BCUT2D eigenvalue weighted by Gasteiger charge is 2.65. The minimum Gasteiger partial charge on any atom is -0.364 e. The monoisotopic (exact) mass is 386 g/mol. The molecule has 1 heterocycles. The van der Waals surface area contributed by atoms with Crippen LogP contribution in [-0.4, -0.2) is 27.6 Å². The van der Waals surface area contributed by atoms with Gasteiger partial charge in [-0.25, -0.2) is 13.8 Å². The number of Topliss-reactive ketones (excluding diaryl/α,β-unsaturated/α-hetero) is 1. The molecule has 7 aliphatic rings. The molecule has 1 N–H and O–H groups in total. The fraction of sp³-hybridized carbons (Fsp3) is 0.739. The van der Waals surface area contributed by atoms with E-state index in [-0.39, 0.29) is 18.1 Å². The molecule has 5 saturated carbocycles. The van der Waals surface area contributed by atoms with Crippen molar-refractivity contribution in [2.24, 2.45) is 5.92 Å². The molecule has 8 rings (SSSR count). The van der Waals surface area contributed by atoms with Gasteiger partial charge in [0.2, 0.25) is 0 Å². The van der Waals surface area contributed by atoms with E-state index in [1.807, 2.05) is 0 Å². The molecule has 1 aromatic rings. The molecule has 28 heavy (non-hydrogen) atoms. The molecule has 7 aliphatic carbocycles. The first-order valence-electron chi connectivity index (χ1n) is 11.0. The zero-order chi connectivity index (χ0) is 19.3. The number of carbonyl (C=O) groups excluding carboxylic acids is 1. The highest BCUT2D eigenvalue weighted by Crippen LogP contribution is 2.63. The summed E-state index contributed by atoms with van der Waals surface area (Å²) in [7, 11) is 0. The molecular formula is C23H28F2N2O. The van der Waals surface area contributed by atoms with Crippen molar-refractivity contribution in [1.29, 1.82) is 0 Å². The SMILES string of the molecule is CC(=O)c1cnc(NC23CC4CC(F)(CC(F)(C4)C2)C3)c2c1C1CCC2CC1. The molecule has 2 unspecified atom stereocenters. The van der Waals surface area contributed by atoms with Crippen molar-refractivity contribution in [2.75, 3.05) is 5.32 Å². The van der Waals surface area contributed by atoms with Crippen molar-refractivity contribution < 1.29 is 13.6 Å². The Labute approximate surface area is 164 Å². The van der Waals surface area contributed by atoms with E-state index >= 15 is 8.78 Å². The number of nitrogens with zero attached hydrogens (tertiary/aromatic N) is 1. The van der Waals surface area contributed by atoms with Gasteiger partial charge in [0.15, 0.2) is 5.78 Å². The summed E-state index contributed by atoms with van der Waals surface area (Å²) in [4.78, 5) is 16.9. The zero-order valence-electron chi connectivity index (χ0n) is 16.5. The maximum atomic E-state index is 15.4. The van der Waals surface area contributed by atoms with Crippen LogP contribution in [0.3, 0.4) is 0 Å². The van der Waals surface area contributed by atoms with Gasteiger partial charge in [-0.3, -0.25) is 4.79 Å². The molecule has 6 bridgehead atoms. The molecule has 0 spiro atoms. The van der Waals surface area contributed by atoms with Crippen molar-refractivity contribution in [3.63, 3.8) is 0 Å². The fourth-order valence-corrected chi connectivity index (χ4v) is 8.04. The predicted molar refractivity (Wildman–Crippen MR) is 103 cm³/mol. The quantitative estimate of drug-likeness (QED) is 0.687. The Hall–Kier alpha value is -1.52. The lowest BCUT2D eigenvalue weighted by Crippen LogP contribution is -2.65. The topological polar surface area (TPSA) is 42.0 Å². The number of pyridine rings is 1. The number of aromatic nitrogens is 1. The summed E-state index contributed by atoms with van der Waals surface area (Å²) >= 11 is 0. The lowest BCUT2D eigenvalue weighted by atomic mass is 9.50. The molecule has 3 nitrogen and oxygen atoms in total. The van der Waals surface area contributed by atoms with Crippen molar-refractivity contribution in [2.45, 2.75) is 99.8 Å². The van der Waals surface area contributed by atoms with Gasteiger partial charge in [0, 0.05) is 42.1 Å². The number of halogens is 2. The normalized spacial score (nSPS) is 45.2. The van der Waals surface area contributed by atoms with Gasteiger partial charge in [0.05, 0.1) is 0 Å². The lowest BCUT2D eigenvalue weighted by Gasteiger charge is -2.61. The minimum absolute atomic E-state index is 0.0689. The van der Waals surface area contributed by atoms with Gasteiger partial charge in [0.25, 0.3) is 0 Å². The van der Waals surface area contributed by atoms with Crippen molar-refractivity contribution in [3.8, 4) is 0 Å². The summed E-state index contributed by atoms with van der Waals surface area (Å²) in [5.74, 6) is 1.86. The first kappa shape index (κ1) is 17.3. The zero-order valence-corrected chi connectivity index (χ0v) is 16.5. The molecule has 0 aromatic carbocycles. The van der Waals surface area contributed by atoms with E-state index in [2.05, 4.69) is 10.3 Å². The summed E-state index contributed by atoms with van der Waals surface area (Å²) in [5.41, 5.74) is -0.157. The second kappa shape index (κ2) is 5.34. The molecule has 0 saturated heterocycles. The van der Waals surface area contributed by atoms with Crippen LogP contribution in [0.5, 0.6) is 0 Å². The van der Waals surface area contributed by atoms with Gasteiger partial charge < -0.3 is 5.32 Å². The van der Waals surface area contributed by atoms with Crippen LogP contribution in [0.25, 0.3) is 0 Å². The van der Waals surface area contributed by atoms with Gasteiger partial charge in [-0.2, -0.15) is 0 Å². The van der Waals surface area contributed by atoms with E-state index in [0.717, 1.165) is 43.5 Å². The molecule has 5 fully saturated rings. The standard InChI is InChI=1S/C23H28F2N2O/c1-13(28)17-9-26-20(19-16-4-2-15(3-5-16)18(17)19)27-23-8-14-6-21(24,11-23)10-22(25,7-14)12-23/h9,14-16H,2-8,10-12H2,1H3,(H,26,27). The van der Waals surface area contributed by atoms with Crippen LogP contribution in [-0.2, 0) is 0 Å². The summed E-state index contributed by atoms with van der Waals surface area (Å²) < 4.78 is 30.8. The van der Waals surface area contributed by atoms with Crippen LogP contribution in [0, 0.1) is 5.92 Å². The van der Waals surface area contributed by atoms with E-state index < -0.39 is 16.9 Å². The first-order chi connectivity index (χ1) is 13.3. The Morgan fingerprint density at radius 3 is 2.18 bits per heavy atom. The number of nitrogens with one attached hydrogen (secondary N) is 1. The lowest BCUT2D eigenvalue weighted by molar-refractivity contribution is -0.137. The van der Waals surface area contributed by atoms with E-state index in [9.17, 15) is 4.79 Å². The number of fused-ring (bicyclic) bond motifs is 2. The second-order valence-corrected chi connectivity index (χ2v) is 10.7. The van der Waals surface area contributed by atoms with Gasteiger partial charge in [-0.1, -0.05) is 0 Å². The number of carbonyl (C=O) groups is 1. The third kappa shape index (κ3) is 2.37. The fourth-order valence-electron chi connectivity index (χ4n) is 8.04. The molecule has 1 aromatic heterocycles. The maximum absolute atomic E-state index is 15.4. The Morgan fingerprint density at radius 2 is 1.61 bits per heavy atom. The minimum atomic E-state index is -1.38. The van der Waals surface area contributed by atoms with Gasteiger partial charge >= 0.3 is 0 Å². The third-order valence-corrected chi connectivity index (χ3v) is 8.40. The average molecular weight is 386 g/mol. The van der Waals surface area contributed by atoms with E-state index in [0.29, 0.717) is 37.5 Å². The van der Waals surface area contributed by atoms with Crippen molar-refractivity contribution in [3.05, 3.63) is 22.9 Å². The summed E-state index contributed by atoms with van der Waals surface area (Å²) in [5, 5.41) is 3.61. The average Bonchev–Trinajstić information content (AvgIpc) is 2.59. The van der Waals surface area contributed by atoms with Crippen LogP contribution in [0.1, 0.15) is 104 Å². The third-order valence-electron chi connectivity index (χ3n) is 8.40. The van der Waals surface area contributed by atoms with E-state index in [4.69, 9.17) is 0 Å². The van der Waals surface area contributed by atoms with Crippen molar-refractivity contribution >= 4 is 11.6 Å². The summed E-state index contributed by atoms with van der Waals surface area (Å²) in [6.07, 6.45) is 8.96. The number of hydrogen-bond acceptors (Lipinski definition) is 3. The second-order valence-electron chi connectivity index (χ2n) is 10.7. The number of hydrogen-bond donors (Lipinski definition) is 1. The first-order valence-corrected chi connectivity index (χ1v) is 11.0. The Bertz CT molecular complexity index is 858. The van der Waals surface area contributed by atoms with Crippen LogP contribution in [0.15, 0.2) is 6.20 Å². The smallest absolute Gasteiger partial charge is 0.161 e. The van der Waals surface area contributed by atoms with Crippen LogP contribution in [0.4, 0.5) is 14.6 Å². The highest BCUT2D eigenvalue weighted by molar-refractivity contribution is 5.96. The van der Waals surface area contributed by atoms with Crippen molar-refractivity contribution in [1.82, 2.24) is 4.98 Å². The Kier molecular flexibility index (Phi) is 3.31. The van der Waals surface area contributed by atoms with Gasteiger partial charge in [0.1, 0.15) is 17.2 Å². The maximum Gasteiger partial charge on any atom is 0.161 e. The Balaban J connectivity index is 1.44.